The van der Waals surface area contributed by atoms with Gasteiger partial charge in [-0.2, -0.15) is 0 Å². The normalized spacial score (nSPS) is 41.5. The summed E-state index contributed by atoms with van der Waals surface area (Å²) in [5, 5.41) is 110. The fraction of sp³-hybridized carbons (Fsp3) is 0.769. The molecule has 0 spiro atoms. The Labute approximate surface area is 439 Å². The number of hydrogen-bond donors (Lipinski definition) is 10. The van der Waals surface area contributed by atoms with Crippen LogP contribution in [-0.2, 0) is 63.3 Å². The lowest BCUT2D eigenvalue weighted by Gasteiger charge is -2.45. The Morgan fingerprint density at radius 2 is 1.11 bits per heavy atom. The second-order valence-electron chi connectivity index (χ2n) is 21.2. The molecule has 428 valence electrons. The van der Waals surface area contributed by atoms with Crippen molar-refractivity contribution in [2.24, 2.45) is 5.92 Å². The number of benzene rings is 2. The van der Waals surface area contributed by atoms with Gasteiger partial charge in [-0.15, -0.1) is 0 Å². The zero-order valence-electron chi connectivity index (χ0n) is 44.0. The van der Waals surface area contributed by atoms with Crippen molar-refractivity contribution >= 4 is 22.3 Å². The average molecular weight is 1090 g/mol. The van der Waals surface area contributed by atoms with E-state index in [1.807, 2.05) is 0 Å². The van der Waals surface area contributed by atoms with Crippen LogP contribution in [0.1, 0.15) is 95.1 Å². The number of phenols is 2. The van der Waals surface area contributed by atoms with Crippen LogP contribution in [0.5, 0.6) is 17.2 Å². The summed E-state index contributed by atoms with van der Waals surface area (Å²) in [7, 11) is 2.66. The largest absolute Gasteiger partial charge is 0.507 e. The number of methoxy groups -OCH3 is 2. The number of ketones is 2. The van der Waals surface area contributed by atoms with Gasteiger partial charge in [0.15, 0.2) is 36.7 Å². The third-order valence-corrected chi connectivity index (χ3v) is 15.8. The van der Waals surface area contributed by atoms with Crippen LogP contribution in [0.2, 0.25) is 0 Å². The number of fused-ring (bicyclic) bond motifs is 2. The SMILES string of the molecule is CO[C@H]1[C@@H](O)C[C@@H](O[C@@H]2C[C@H](O[C@@H]3C[C@H](O[C@@H]4C(=O)c5c(cc6cc(O[C@H]7C[C@@H](O[C@H]8C[C@@H](O)[C@H](O)[C@@H](C)O8)[C@H](O)[C@@H](C)O7)c(C)c(O)c6c5O)C[C@H]4[C@H](OC)C(=O)C(O)[C@@H](C)O)O[C@H](C)[C@H]3O)O[C@H](C)[C@H]2O)O[C@@H]1C. The highest BCUT2D eigenvalue weighted by Crippen LogP contribution is 2.47. The molecule has 5 saturated heterocycles. The summed E-state index contributed by atoms with van der Waals surface area (Å²) < 4.78 is 72.1. The first-order valence-electron chi connectivity index (χ1n) is 26.1. The summed E-state index contributed by atoms with van der Waals surface area (Å²) in [6.07, 6.45) is -26.4. The Kier molecular flexibility index (Phi) is 18.7. The minimum absolute atomic E-state index is 0.0217. The van der Waals surface area contributed by atoms with Gasteiger partial charge in [0, 0.05) is 57.8 Å². The zero-order valence-corrected chi connectivity index (χ0v) is 44.0. The molecule has 5 heterocycles. The smallest absolute Gasteiger partial charge is 0.202 e. The predicted octanol–water partition coefficient (Wildman–Crippen LogP) is 0.0147. The number of carbonyl (C=O) groups excluding carboxylic acids is 2. The molecule has 1 aliphatic carbocycles. The van der Waals surface area contributed by atoms with Crippen molar-refractivity contribution in [1.82, 2.24) is 0 Å². The molecule has 1 unspecified atom stereocenters. The van der Waals surface area contributed by atoms with Crippen LogP contribution in [0.4, 0.5) is 0 Å². The molecule has 0 aromatic heterocycles. The summed E-state index contributed by atoms with van der Waals surface area (Å²) >= 11 is 0. The van der Waals surface area contributed by atoms with E-state index in [0.29, 0.717) is 0 Å². The van der Waals surface area contributed by atoms with Gasteiger partial charge in [-0.1, -0.05) is 0 Å². The minimum atomic E-state index is -1.94. The molecule has 25 atom stereocenters. The quantitative estimate of drug-likeness (QED) is 0.106. The summed E-state index contributed by atoms with van der Waals surface area (Å²) in [4.78, 5) is 28.9. The highest BCUT2D eigenvalue weighted by Gasteiger charge is 2.51. The Morgan fingerprint density at radius 3 is 1.61 bits per heavy atom. The highest BCUT2D eigenvalue weighted by atomic mass is 16.7. The van der Waals surface area contributed by atoms with E-state index in [4.69, 9.17) is 56.8 Å². The number of hydrogen-bond acceptors (Lipinski definition) is 24. The van der Waals surface area contributed by atoms with Crippen molar-refractivity contribution in [1.29, 1.82) is 0 Å². The van der Waals surface area contributed by atoms with Gasteiger partial charge >= 0.3 is 0 Å². The van der Waals surface area contributed by atoms with Gasteiger partial charge in [0.25, 0.3) is 0 Å². The lowest BCUT2D eigenvalue weighted by Crippen LogP contribution is -2.57. The second kappa shape index (κ2) is 24.2. The first kappa shape index (κ1) is 58.8. The molecule has 6 aliphatic rings. The monoisotopic (exact) mass is 1080 g/mol. The van der Waals surface area contributed by atoms with Crippen LogP contribution in [0.25, 0.3) is 10.8 Å². The summed E-state index contributed by atoms with van der Waals surface area (Å²) in [5.74, 6) is -4.02. The van der Waals surface area contributed by atoms with Crippen molar-refractivity contribution in [2.45, 2.75) is 234 Å². The Balaban J connectivity index is 1.04. The summed E-state index contributed by atoms with van der Waals surface area (Å²) in [6, 6.07) is 3.04. The van der Waals surface area contributed by atoms with E-state index in [9.17, 15) is 55.9 Å². The molecule has 0 saturated carbocycles. The predicted molar refractivity (Wildman–Crippen MR) is 259 cm³/mol. The molecular weight excluding hydrogens is 1010 g/mol. The maximum absolute atomic E-state index is 15.0. The number of carbonyl (C=O) groups is 2. The Bertz CT molecular complexity index is 2310. The van der Waals surface area contributed by atoms with E-state index in [-0.39, 0.29) is 71.7 Å². The summed E-state index contributed by atoms with van der Waals surface area (Å²) in [5.41, 5.74) is 0.0872. The number of aliphatic hydroxyl groups excluding tert-OH is 8. The number of aliphatic hydroxyl groups is 8. The number of phenolic OH excluding ortho intramolecular Hbond substituents is 2. The third kappa shape index (κ3) is 12.1. The third-order valence-electron chi connectivity index (χ3n) is 15.8. The van der Waals surface area contributed by atoms with Crippen molar-refractivity contribution in [2.75, 3.05) is 14.2 Å². The van der Waals surface area contributed by atoms with Gasteiger partial charge in [0.1, 0.15) is 66.1 Å². The molecule has 5 aliphatic heterocycles. The number of rotatable bonds is 16. The first-order valence-corrected chi connectivity index (χ1v) is 26.1. The lowest BCUT2D eigenvalue weighted by molar-refractivity contribution is -0.329. The molecule has 2 aromatic rings. The van der Waals surface area contributed by atoms with E-state index in [0.717, 1.165) is 0 Å². The molecule has 0 bridgehead atoms. The number of ether oxygens (including phenoxy) is 12. The van der Waals surface area contributed by atoms with E-state index in [2.05, 4.69) is 0 Å². The van der Waals surface area contributed by atoms with Gasteiger partial charge in [-0.3, -0.25) is 9.59 Å². The minimum Gasteiger partial charge on any atom is -0.507 e. The van der Waals surface area contributed by atoms with Gasteiger partial charge in [0.2, 0.25) is 6.29 Å². The van der Waals surface area contributed by atoms with E-state index in [1.54, 1.807) is 34.6 Å². The molecule has 10 N–H and O–H groups in total. The van der Waals surface area contributed by atoms with Gasteiger partial charge in [-0.05, 0) is 78.0 Å². The fourth-order valence-corrected chi connectivity index (χ4v) is 11.4. The van der Waals surface area contributed by atoms with Crippen molar-refractivity contribution in [3.8, 4) is 17.2 Å². The molecule has 8 rings (SSSR count). The van der Waals surface area contributed by atoms with Crippen LogP contribution in [0, 0.1) is 12.8 Å². The molecule has 0 radical (unpaired) electrons. The molecule has 24 nitrogen and oxygen atoms in total. The molecule has 0 amide bonds. The van der Waals surface area contributed by atoms with Crippen molar-refractivity contribution < 1.29 is 117 Å². The molecule has 2 aromatic carbocycles. The lowest BCUT2D eigenvalue weighted by atomic mass is 9.75. The first-order chi connectivity index (χ1) is 35.9. The van der Waals surface area contributed by atoms with E-state index < -0.39 is 176 Å². The maximum atomic E-state index is 15.0. The zero-order chi connectivity index (χ0) is 55.3. The topological polar surface area (TPSA) is 347 Å². The van der Waals surface area contributed by atoms with Gasteiger partial charge in [0.05, 0.1) is 78.1 Å². The van der Waals surface area contributed by atoms with Gasteiger partial charge < -0.3 is 108 Å². The van der Waals surface area contributed by atoms with E-state index in [1.165, 1.54) is 40.2 Å². The standard InChI is InChI=1S/C52H76O24/c1-18-30(72-36-15-31(44(59)21(4)68-36)73-34-13-28(54)43(58)20(3)67-34)12-26-10-25-11-27(51(66-9)49(64)42(57)19(2)53)52(48(63)40(25)47(62)39(26)41(18)56)76-38-17-33(46(61)23(6)70-38)75-37-16-32(45(60)22(5)69-37)74-35-14-29(55)50(65-8)24(7)71-35/h10,12,19-24,27-29,31-38,42-46,50-62H,11,13-17H2,1-9H3/t19-,20-,21-,22-,23-,24-,27+,28-,29+,31-,32-,33-,34+,35-,36+,37+,38+,42?,43-,44-,45-,46-,50-,51+,52+/m1/s1. The van der Waals surface area contributed by atoms with Crippen LogP contribution < -0.4 is 4.74 Å². The molecule has 76 heavy (non-hydrogen) atoms. The Hall–Kier alpha value is -3.32. The fourth-order valence-electron chi connectivity index (χ4n) is 11.4. The highest BCUT2D eigenvalue weighted by molar-refractivity contribution is 6.11. The second-order valence-corrected chi connectivity index (χ2v) is 21.2. The maximum Gasteiger partial charge on any atom is 0.202 e. The number of Topliss-reactive ketones (excluding diaryl/α,β-unsaturated/α-hetero) is 2. The van der Waals surface area contributed by atoms with Crippen LogP contribution in [0.15, 0.2) is 12.1 Å². The average Bonchev–Trinajstić information content (AvgIpc) is 3.36. The van der Waals surface area contributed by atoms with Crippen LogP contribution in [-0.4, -0.2) is 224 Å². The Morgan fingerprint density at radius 1 is 0.632 bits per heavy atom. The number of aromatic hydroxyl groups is 2. The molecule has 24 heteroatoms. The summed E-state index contributed by atoms with van der Waals surface area (Å²) in [6.45, 7) is 10.8. The van der Waals surface area contributed by atoms with Crippen LogP contribution >= 0.6 is 0 Å². The van der Waals surface area contributed by atoms with Crippen LogP contribution in [0.3, 0.4) is 0 Å². The van der Waals surface area contributed by atoms with Crippen molar-refractivity contribution in [3.63, 3.8) is 0 Å². The van der Waals surface area contributed by atoms with Crippen molar-refractivity contribution in [3.05, 3.63) is 28.8 Å². The molecular formula is C52H76O24. The molecule has 5 fully saturated rings. The van der Waals surface area contributed by atoms with Gasteiger partial charge in [-0.25, -0.2) is 0 Å². The van der Waals surface area contributed by atoms with E-state index >= 15 is 4.79 Å².